The predicted molar refractivity (Wildman–Crippen MR) is 133 cm³/mol. The van der Waals surface area contributed by atoms with E-state index < -0.39 is 34.4 Å². The predicted octanol–water partition coefficient (Wildman–Crippen LogP) is 4.26. The maximum absolute atomic E-state index is 13.7. The molecule has 5 rings (SSSR count). The number of carbonyl (C=O) groups excluding carboxylic acids is 3. The van der Waals surface area contributed by atoms with Crippen LogP contribution in [-0.4, -0.2) is 40.4 Å². The van der Waals surface area contributed by atoms with Crippen LogP contribution in [0.4, 0.5) is 11.4 Å². The van der Waals surface area contributed by atoms with E-state index in [-0.39, 0.29) is 30.3 Å². The van der Waals surface area contributed by atoms with E-state index in [1.807, 2.05) is 6.92 Å². The van der Waals surface area contributed by atoms with Crippen LogP contribution in [0.1, 0.15) is 27.9 Å². The standard InChI is InChI=1S/C26H20ClN3O7/c1-15-2-6-18(7-3-15)29-24(31)12-21(26(29)33)28(13-16-4-9-22-23(10-16)37-14-36-22)25(32)17-5-8-19(27)20(11-17)30(34)35/h2-11,21H,12-14H2,1H3. The number of ether oxygens (including phenoxy) is 2. The molecule has 1 unspecified atom stereocenters. The Hall–Kier alpha value is -4.44. The van der Waals surface area contributed by atoms with Crippen LogP contribution in [0.25, 0.3) is 0 Å². The minimum absolute atomic E-state index is 0.0362. The molecule has 1 saturated heterocycles. The number of benzene rings is 3. The number of fused-ring (bicyclic) bond motifs is 1. The van der Waals surface area contributed by atoms with E-state index in [0.29, 0.717) is 22.7 Å². The van der Waals surface area contributed by atoms with E-state index in [0.717, 1.165) is 16.5 Å². The van der Waals surface area contributed by atoms with Gasteiger partial charge in [-0.2, -0.15) is 0 Å². The van der Waals surface area contributed by atoms with E-state index in [2.05, 4.69) is 0 Å². The van der Waals surface area contributed by atoms with Gasteiger partial charge in [0.2, 0.25) is 12.7 Å². The van der Waals surface area contributed by atoms with Crippen LogP contribution in [0.2, 0.25) is 5.02 Å². The fourth-order valence-electron chi connectivity index (χ4n) is 4.34. The monoisotopic (exact) mass is 521 g/mol. The van der Waals surface area contributed by atoms with Crippen molar-refractivity contribution in [2.45, 2.75) is 25.9 Å². The highest BCUT2D eigenvalue weighted by atomic mass is 35.5. The largest absolute Gasteiger partial charge is 0.454 e. The Morgan fingerprint density at radius 1 is 1.08 bits per heavy atom. The molecule has 1 fully saturated rings. The molecule has 3 aromatic carbocycles. The molecule has 188 valence electrons. The number of nitro benzene ring substituents is 1. The first-order valence-electron chi connectivity index (χ1n) is 11.3. The fourth-order valence-corrected chi connectivity index (χ4v) is 4.52. The summed E-state index contributed by atoms with van der Waals surface area (Å²) in [6, 6.07) is 14.5. The molecular weight excluding hydrogens is 502 g/mol. The molecular formula is C26H20ClN3O7. The summed E-state index contributed by atoms with van der Waals surface area (Å²) in [5, 5.41) is 11.3. The molecule has 2 aliphatic heterocycles. The van der Waals surface area contributed by atoms with E-state index in [9.17, 15) is 24.5 Å². The highest BCUT2D eigenvalue weighted by molar-refractivity contribution is 6.32. The lowest BCUT2D eigenvalue weighted by atomic mass is 10.1. The zero-order valence-corrected chi connectivity index (χ0v) is 20.3. The van der Waals surface area contributed by atoms with Gasteiger partial charge in [0.05, 0.1) is 17.0 Å². The summed E-state index contributed by atoms with van der Waals surface area (Å²) >= 11 is 5.93. The Morgan fingerprint density at radius 2 is 1.81 bits per heavy atom. The maximum Gasteiger partial charge on any atom is 0.288 e. The molecule has 0 saturated carbocycles. The molecule has 0 spiro atoms. The SMILES string of the molecule is Cc1ccc(N2C(=O)CC(N(Cc3ccc4c(c3)OCO4)C(=O)c3ccc(Cl)c([N+](=O)[O-])c3)C2=O)cc1. The van der Waals surface area contributed by atoms with Gasteiger partial charge in [-0.05, 0) is 48.9 Å². The van der Waals surface area contributed by atoms with Gasteiger partial charge in [-0.3, -0.25) is 24.5 Å². The summed E-state index contributed by atoms with van der Waals surface area (Å²) in [5.74, 6) is -0.639. The van der Waals surface area contributed by atoms with E-state index in [1.54, 1.807) is 42.5 Å². The van der Waals surface area contributed by atoms with Crippen molar-refractivity contribution < 1.29 is 28.8 Å². The number of anilines is 1. The molecule has 0 bridgehead atoms. The van der Waals surface area contributed by atoms with Gasteiger partial charge >= 0.3 is 0 Å². The molecule has 10 nitrogen and oxygen atoms in total. The minimum Gasteiger partial charge on any atom is -0.454 e. The van der Waals surface area contributed by atoms with Crippen molar-refractivity contribution in [2.24, 2.45) is 0 Å². The van der Waals surface area contributed by atoms with Crippen molar-refractivity contribution in [3.05, 3.63) is 92.5 Å². The van der Waals surface area contributed by atoms with Crippen LogP contribution >= 0.6 is 11.6 Å². The summed E-state index contributed by atoms with van der Waals surface area (Å²) in [6.45, 7) is 1.89. The first kappa shape index (κ1) is 24.3. The minimum atomic E-state index is -1.12. The summed E-state index contributed by atoms with van der Waals surface area (Å²) in [6.07, 6.45) is -0.237. The van der Waals surface area contributed by atoms with Crippen LogP contribution in [0, 0.1) is 17.0 Å². The topological polar surface area (TPSA) is 119 Å². The summed E-state index contributed by atoms with van der Waals surface area (Å²) in [7, 11) is 0. The molecule has 3 aromatic rings. The molecule has 0 aromatic heterocycles. The Bertz CT molecular complexity index is 1440. The van der Waals surface area contributed by atoms with Crippen molar-refractivity contribution in [1.82, 2.24) is 4.90 Å². The Labute approximate surface area is 216 Å². The number of nitrogens with zero attached hydrogens (tertiary/aromatic N) is 3. The average Bonchev–Trinajstić information content (AvgIpc) is 3.46. The maximum atomic E-state index is 13.7. The van der Waals surface area contributed by atoms with Crippen LogP contribution < -0.4 is 14.4 Å². The molecule has 3 amide bonds. The van der Waals surface area contributed by atoms with Gasteiger partial charge in [-0.1, -0.05) is 35.4 Å². The van der Waals surface area contributed by atoms with Crippen LogP contribution in [0.15, 0.2) is 60.7 Å². The molecule has 11 heteroatoms. The molecule has 1 atom stereocenters. The van der Waals surface area contributed by atoms with Crippen molar-refractivity contribution in [2.75, 3.05) is 11.7 Å². The van der Waals surface area contributed by atoms with Crippen LogP contribution in [0.5, 0.6) is 11.5 Å². The molecule has 2 heterocycles. The molecule has 0 aliphatic carbocycles. The summed E-state index contributed by atoms with van der Waals surface area (Å²) in [5.41, 5.74) is 1.51. The summed E-state index contributed by atoms with van der Waals surface area (Å²) in [4.78, 5) is 53.2. The highest BCUT2D eigenvalue weighted by Crippen LogP contribution is 2.34. The van der Waals surface area contributed by atoms with Crippen LogP contribution in [0.3, 0.4) is 0 Å². The second-order valence-electron chi connectivity index (χ2n) is 8.67. The van der Waals surface area contributed by atoms with E-state index >= 15 is 0 Å². The van der Waals surface area contributed by atoms with Gasteiger partial charge in [-0.15, -0.1) is 0 Å². The van der Waals surface area contributed by atoms with Gasteiger partial charge in [-0.25, -0.2) is 4.90 Å². The highest BCUT2D eigenvalue weighted by Gasteiger charge is 2.44. The number of hydrogen-bond acceptors (Lipinski definition) is 7. The number of amides is 3. The molecule has 2 aliphatic rings. The van der Waals surface area contributed by atoms with Crippen molar-refractivity contribution >= 4 is 40.7 Å². The van der Waals surface area contributed by atoms with Gasteiger partial charge in [0.15, 0.2) is 11.5 Å². The number of nitro groups is 1. The Morgan fingerprint density at radius 3 is 2.54 bits per heavy atom. The van der Waals surface area contributed by atoms with Gasteiger partial charge in [0.1, 0.15) is 11.1 Å². The molecule has 37 heavy (non-hydrogen) atoms. The number of halogens is 1. The third kappa shape index (κ3) is 4.58. The first-order chi connectivity index (χ1) is 17.7. The lowest BCUT2D eigenvalue weighted by Gasteiger charge is -2.28. The second-order valence-corrected chi connectivity index (χ2v) is 9.07. The van der Waals surface area contributed by atoms with Gasteiger partial charge in [0, 0.05) is 18.2 Å². The smallest absolute Gasteiger partial charge is 0.288 e. The lowest BCUT2D eigenvalue weighted by molar-refractivity contribution is -0.384. The third-order valence-electron chi connectivity index (χ3n) is 6.23. The normalized spacial score (nSPS) is 16.3. The van der Waals surface area contributed by atoms with E-state index in [1.165, 1.54) is 17.0 Å². The van der Waals surface area contributed by atoms with Crippen molar-refractivity contribution in [3.63, 3.8) is 0 Å². The van der Waals surface area contributed by atoms with Crippen molar-refractivity contribution in [1.29, 1.82) is 0 Å². The number of imide groups is 1. The molecule has 0 radical (unpaired) electrons. The average molecular weight is 522 g/mol. The zero-order chi connectivity index (χ0) is 26.3. The second kappa shape index (κ2) is 9.55. The van der Waals surface area contributed by atoms with E-state index in [4.69, 9.17) is 21.1 Å². The summed E-state index contributed by atoms with van der Waals surface area (Å²) < 4.78 is 10.8. The number of carbonyl (C=O) groups is 3. The lowest BCUT2D eigenvalue weighted by Crippen LogP contribution is -2.45. The Balaban J connectivity index is 1.52. The quantitative estimate of drug-likeness (QED) is 0.270. The number of aryl methyl sites for hydroxylation is 1. The van der Waals surface area contributed by atoms with Gasteiger partial charge < -0.3 is 14.4 Å². The Kier molecular flexibility index (Phi) is 6.26. The van der Waals surface area contributed by atoms with Crippen LogP contribution in [-0.2, 0) is 16.1 Å². The first-order valence-corrected chi connectivity index (χ1v) is 11.7. The van der Waals surface area contributed by atoms with Gasteiger partial charge in [0.25, 0.3) is 17.5 Å². The molecule has 0 N–H and O–H groups in total. The third-order valence-corrected chi connectivity index (χ3v) is 6.55. The fraction of sp³-hybridized carbons (Fsp3) is 0.192. The van der Waals surface area contributed by atoms with Crippen molar-refractivity contribution in [3.8, 4) is 11.5 Å². The number of hydrogen-bond donors (Lipinski definition) is 0. The zero-order valence-electron chi connectivity index (χ0n) is 19.5. The number of rotatable bonds is 6.